The van der Waals surface area contributed by atoms with Crippen LogP contribution in [0.25, 0.3) is 0 Å². The van der Waals surface area contributed by atoms with Crippen molar-refractivity contribution in [3.8, 4) is 5.75 Å². The van der Waals surface area contributed by atoms with Crippen molar-refractivity contribution in [1.29, 1.82) is 0 Å². The fourth-order valence-corrected chi connectivity index (χ4v) is 3.68. The third-order valence-electron chi connectivity index (χ3n) is 5.43. The van der Waals surface area contributed by atoms with Gasteiger partial charge in [0.25, 0.3) is 11.8 Å². The number of methoxy groups -OCH3 is 1. The summed E-state index contributed by atoms with van der Waals surface area (Å²) in [5, 5.41) is 0. The maximum absolute atomic E-state index is 13.0. The molecule has 0 saturated carbocycles. The Labute approximate surface area is 164 Å². The van der Waals surface area contributed by atoms with Gasteiger partial charge in [0, 0.05) is 5.41 Å². The number of anilines is 1. The first-order valence-corrected chi connectivity index (χ1v) is 9.17. The minimum atomic E-state index is -0.325. The first-order valence-electron chi connectivity index (χ1n) is 9.17. The first-order chi connectivity index (χ1) is 13.4. The van der Waals surface area contributed by atoms with Crippen LogP contribution in [0, 0.1) is 0 Å². The minimum absolute atomic E-state index is 0.305. The lowest BCUT2D eigenvalue weighted by Gasteiger charge is -2.28. The van der Waals surface area contributed by atoms with E-state index in [2.05, 4.69) is 26.0 Å². The van der Waals surface area contributed by atoms with Crippen LogP contribution in [0.3, 0.4) is 0 Å². The minimum Gasteiger partial charge on any atom is -0.495 e. The van der Waals surface area contributed by atoms with Gasteiger partial charge < -0.3 is 4.74 Å². The molecular formula is C24H21NO3. The second kappa shape index (κ2) is 6.64. The van der Waals surface area contributed by atoms with Gasteiger partial charge in [-0.3, -0.25) is 9.59 Å². The van der Waals surface area contributed by atoms with Crippen molar-refractivity contribution in [2.45, 2.75) is 19.3 Å². The molecule has 0 aromatic heterocycles. The fourth-order valence-electron chi connectivity index (χ4n) is 3.68. The average molecular weight is 371 g/mol. The molecule has 2 amide bonds. The van der Waals surface area contributed by atoms with Crippen LogP contribution in [0.1, 0.15) is 45.7 Å². The monoisotopic (exact) mass is 371 g/mol. The highest BCUT2D eigenvalue weighted by Crippen LogP contribution is 2.40. The van der Waals surface area contributed by atoms with E-state index in [1.807, 2.05) is 36.4 Å². The van der Waals surface area contributed by atoms with Gasteiger partial charge in [0.1, 0.15) is 5.75 Å². The summed E-state index contributed by atoms with van der Waals surface area (Å²) in [5.41, 5.74) is 3.14. The number of imide groups is 1. The van der Waals surface area contributed by atoms with E-state index < -0.39 is 0 Å². The molecule has 3 aromatic carbocycles. The SMILES string of the molecule is COc1ccc(C(C)(C)c2ccccc2)cc1N1C(=O)c2ccccc2C1=O. The molecule has 0 atom stereocenters. The normalized spacial score (nSPS) is 13.6. The number of fused-ring (bicyclic) bond motifs is 1. The summed E-state index contributed by atoms with van der Waals surface area (Å²) in [6.45, 7) is 4.24. The number of nitrogens with zero attached hydrogens (tertiary/aromatic N) is 1. The number of rotatable bonds is 4. The molecule has 0 fully saturated rings. The summed E-state index contributed by atoms with van der Waals surface area (Å²) in [4.78, 5) is 27.1. The van der Waals surface area contributed by atoms with E-state index in [-0.39, 0.29) is 17.2 Å². The average Bonchev–Trinajstić information content (AvgIpc) is 2.98. The van der Waals surface area contributed by atoms with Gasteiger partial charge in [-0.15, -0.1) is 0 Å². The highest BCUT2D eigenvalue weighted by atomic mass is 16.5. The Bertz CT molecular complexity index is 1040. The maximum Gasteiger partial charge on any atom is 0.266 e. The van der Waals surface area contributed by atoms with Crippen LogP contribution in [0.4, 0.5) is 5.69 Å². The molecular weight excluding hydrogens is 350 g/mol. The standard InChI is InChI=1S/C24H21NO3/c1-24(2,16-9-5-4-6-10-16)17-13-14-21(28-3)20(15-17)25-22(26)18-11-7-8-12-19(18)23(25)27/h4-15H,1-3H3. The van der Waals surface area contributed by atoms with Gasteiger partial charge in [-0.05, 0) is 35.4 Å². The van der Waals surface area contributed by atoms with Crippen LogP contribution in [0.2, 0.25) is 0 Å². The first kappa shape index (κ1) is 18.0. The Balaban J connectivity index is 1.84. The number of benzene rings is 3. The van der Waals surface area contributed by atoms with Crippen molar-refractivity contribution < 1.29 is 14.3 Å². The second-order valence-corrected chi connectivity index (χ2v) is 7.37. The van der Waals surface area contributed by atoms with Gasteiger partial charge in [-0.2, -0.15) is 0 Å². The second-order valence-electron chi connectivity index (χ2n) is 7.37. The van der Waals surface area contributed by atoms with E-state index in [9.17, 15) is 9.59 Å². The van der Waals surface area contributed by atoms with Crippen molar-refractivity contribution in [3.05, 3.63) is 95.1 Å². The summed E-state index contributed by atoms with van der Waals surface area (Å²) in [7, 11) is 1.54. The van der Waals surface area contributed by atoms with Crippen molar-refractivity contribution >= 4 is 17.5 Å². The molecule has 140 valence electrons. The summed E-state index contributed by atoms with van der Waals surface area (Å²) in [6, 6.07) is 22.7. The zero-order valence-corrected chi connectivity index (χ0v) is 16.1. The van der Waals surface area contributed by atoms with Gasteiger partial charge in [0.2, 0.25) is 0 Å². The number of hydrogen-bond acceptors (Lipinski definition) is 3. The Hall–Kier alpha value is -3.40. The molecule has 1 aliphatic rings. The van der Waals surface area contributed by atoms with Crippen molar-refractivity contribution in [3.63, 3.8) is 0 Å². The van der Waals surface area contributed by atoms with Gasteiger partial charge in [-0.25, -0.2) is 4.90 Å². The van der Waals surface area contributed by atoms with Gasteiger partial charge in [0.15, 0.2) is 0 Å². The highest BCUT2D eigenvalue weighted by molar-refractivity contribution is 6.34. The lowest BCUT2D eigenvalue weighted by atomic mass is 9.78. The molecule has 4 heteroatoms. The summed E-state index contributed by atoms with van der Waals surface area (Å²) in [5.74, 6) is -0.163. The van der Waals surface area contributed by atoms with Crippen LogP contribution in [-0.2, 0) is 5.41 Å². The number of carbonyl (C=O) groups excluding carboxylic acids is 2. The van der Waals surface area contributed by atoms with Crippen LogP contribution in [0.5, 0.6) is 5.75 Å². The molecule has 0 unspecified atom stereocenters. The number of hydrogen-bond donors (Lipinski definition) is 0. The zero-order valence-electron chi connectivity index (χ0n) is 16.1. The predicted octanol–water partition coefficient (Wildman–Crippen LogP) is 4.82. The molecule has 4 rings (SSSR count). The van der Waals surface area contributed by atoms with Crippen LogP contribution in [-0.4, -0.2) is 18.9 Å². The molecule has 0 saturated heterocycles. The highest BCUT2D eigenvalue weighted by Gasteiger charge is 2.38. The number of amides is 2. The van der Waals surface area contributed by atoms with Gasteiger partial charge in [-0.1, -0.05) is 62.4 Å². The Morgan fingerprint density at radius 1 is 0.750 bits per heavy atom. The van der Waals surface area contributed by atoms with E-state index in [1.165, 1.54) is 4.90 Å². The smallest absolute Gasteiger partial charge is 0.266 e. The third-order valence-corrected chi connectivity index (χ3v) is 5.43. The van der Waals surface area contributed by atoms with E-state index in [0.29, 0.717) is 22.6 Å². The predicted molar refractivity (Wildman–Crippen MR) is 109 cm³/mol. The molecule has 3 aromatic rings. The summed E-state index contributed by atoms with van der Waals surface area (Å²) < 4.78 is 5.48. The van der Waals surface area contributed by atoms with Crippen LogP contribution >= 0.6 is 0 Å². The molecule has 0 bridgehead atoms. The van der Waals surface area contributed by atoms with E-state index >= 15 is 0 Å². The van der Waals surface area contributed by atoms with Crippen molar-refractivity contribution in [1.82, 2.24) is 0 Å². The van der Waals surface area contributed by atoms with Gasteiger partial charge in [0.05, 0.1) is 23.9 Å². The fraction of sp³-hybridized carbons (Fsp3) is 0.167. The van der Waals surface area contributed by atoms with Crippen molar-refractivity contribution in [2.24, 2.45) is 0 Å². The Kier molecular flexibility index (Phi) is 4.27. The molecule has 4 nitrogen and oxygen atoms in total. The topological polar surface area (TPSA) is 46.6 Å². The quantitative estimate of drug-likeness (QED) is 0.618. The zero-order chi connectivity index (χ0) is 19.9. The lowest BCUT2D eigenvalue weighted by molar-refractivity contribution is 0.0925. The van der Waals surface area contributed by atoms with E-state index in [4.69, 9.17) is 4.74 Å². The maximum atomic E-state index is 13.0. The van der Waals surface area contributed by atoms with E-state index in [0.717, 1.165) is 11.1 Å². The third kappa shape index (κ3) is 2.69. The molecule has 28 heavy (non-hydrogen) atoms. The van der Waals surface area contributed by atoms with Crippen LogP contribution < -0.4 is 9.64 Å². The lowest BCUT2D eigenvalue weighted by Crippen LogP contribution is -2.30. The summed E-state index contributed by atoms with van der Waals surface area (Å²) >= 11 is 0. The molecule has 0 aliphatic carbocycles. The van der Waals surface area contributed by atoms with Gasteiger partial charge >= 0.3 is 0 Å². The number of carbonyl (C=O) groups is 2. The molecule has 1 heterocycles. The van der Waals surface area contributed by atoms with E-state index in [1.54, 1.807) is 31.4 Å². The largest absolute Gasteiger partial charge is 0.495 e. The molecule has 0 N–H and O–H groups in total. The Morgan fingerprint density at radius 2 is 1.32 bits per heavy atom. The summed E-state index contributed by atoms with van der Waals surface area (Å²) in [6.07, 6.45) is 0. The number of ether oxygens (including phenoxy) is 1. The molecule has 0 radical (unpaired) electrons. The van der Waals surface area contributed by atoms with Crippen molar-refractivity contribution in [2.75, 3.05) is 12.0 Å². The Morgan fingerprint density at radius 3 is 1.89 bits per heavy atom. The molecule has 1 aliphatic heterocycles. The van der Waals surface area contributed by atoms with Crippen LogP contribution in [0.15, 0.2) is 72.8 Å². The molecule has 0 spiro atoms.